The molecule has 16 heavy (non-hydrogen) atoms. The van der Waals surface area contributed by atoms with Gasteiger partial charge >= 0.3 is 0 Å². The average molecular weight is 224 g/mol. The quantitative estimate of drug-likeness (QED) is 0.774. The number of halogens is 1. The Bertz CT molecular complexity index is 370. The van der Waals surface area contributed by atoms with Crippen molar-refractivity contribution in [1.82, 2.24) is 0 Å². The highest BCUT2D eigenvalue weighted by Crippen LogP contribution is 2.23. The monoisotopic (exact) mass is 224 g/mol. The Morgan fingerprint density at radius 1 is 1.56 bits per heavy atom. The van der Waals surface area contributed by atoms with Gasteiger partial charge in [0.05, 0.1) is 17.5 Å². The number of ether oxygens (including phenoxy) is 1. The molecule has 1 aliphatic heterocycles. The average Bonchev–Trinajstić information content (AvgIpc) is 2.66. The second kappa shape index (κ2) is 4.70. The van der Waals surface area contributed by atoms with Crippen LogP contribution in [0.3, 0.4) is 0 Å². The maximum absolute atomic E-state index is 13.0. The second-order valence-corrected chi connectivity index (χ2v) is 4.24. The Hall–Kier alpha value is -1.29. The first kappa shape index (κ1) is 11.2. The minimum absolute atomic E-state index is 0.266. The van der Waals surface area contributed by atoms with Gasteiger partial charge in [-0.15, -0.1) is 0 Å². The van der Waals surface area contributed by atoms with Gasteiger partial charge in [0.25, 0.3) is 0 Å². The van der Waals surface area contributed by atoms with E-state index in [1.807, 2.05) is 0 Å². The Labute approximate surface area is 94.8 Å². The zero-order chi connectivity index (χ0) is 11.5. The molecule has 2 rings (SSSR count). The predicted octanol–water partition coefficient (Wildman–Crippen LogP) is 2.24. The molecule has 2 atom stereocenters. The minimum Gasteiger partial charge on any atom is -0.397 e. The topological polar surface area (TPSA) is 47.3 Å². The van der Waals surface area contributed by atoms with Crippen LogP contribution in [-0.2, 0) is 4.74 Å². The van der Waals surface area contributed by atoms with Crippen LogP contribution in [0, 0.1) is 11.7 Å². The summed E-state index contributed by atoms with van der Waals surface area (Å²) in [7, 11) is 0. The number of rotatable bonds is 3. The summed E-state index contributed by atoms with van der Waals surface area (Å²) in [4.78, 5) is 0. The van der Waals surface area contributed by atoms with Gasteiger partial charge in [-0.2, -0.15) is 0 Å². The molecule has 0 aromatic heterocycles. The molecule has 88 valence electrons. The first-order valence-corrected chi connectivity index (χ1v) is 5.57. The predicted molar refractivity (Wildman–Crippen MR) is 62.8 cm³/mol. The molecule has 0 bridgehead atoms. The normalized spacial score (nSPS) is 24.6. The lowest BCUT2D eigenvalue weighted by atomic mass is 10.0. The molecule has 4 heteroatoms. The van der Waals surface area contributed by atoms with E-state index in [0.29, 0.717) is 17.3 Å². The van der Waals surface area contributed by atoms with Crippen LogP contribution in [0.2, 0.25) is 0 Å². The Balaban J connectivity index is 1.96. The summed E-state index contributed by atoms with van der Waals surface area (Å²) < 4.78 is 18.5. The number of nitrogen functional groups attached to an aromatic ring is 1. The fourth-order valence-electron chi connectivity index (χ4n) is 1.97. The molecule has 1 saturated heterocycles. The van der Waals surface area contributed by atoms with E-state index in [-0.39, 0.29) is 11.9 Å². The highest BCUT2D eigenvalue weighted by atomic mass is 19.1. The van der Waals surface area contributed by atoms with E-state index in [2.05, 4.69) is 12.2 Å². The molecule has 0 spiro atoms. The summed E-state index contributed by atoms with van der Waals surface area (Å²) in [6.45, 7) is 3.65. The molecule has 0 aliphatic carbocycles. The molecule has 0 saturated carbocycles. The van der Waals surface area contributed by atoms with Crippen LogP contribution in [0.25, 0.3) is 0 Å². The van der Waals surface area contributed by atoms with Gasteiger partial charge in [-0.05, 0) is 31.5 Å². The number of hydrogen-bond acceptors (Lipinski definition) is 3. The van der Waals surface area contributed by atoms with Gasteiger partial charge in [0, 0.05) is 19.1 Å². The van der Waals surface area contributed by atoms with Gasteiger partial charge in [0.1, 0.15) is 5.82 Å². The van der Waals surface area contributed by atoms with Crippen molar-refractivity contribution in [1.29, 1.82) is 0 Å². The summed E-state index contributed by atoms with van der Waals surface area (Å²) in [5.74, 6) is 0.204. The lowest BCUT2D eigenvalue weighted by Crippen LogP contribution is -2.21. The lowest BCUT2D eigenvalue weighted by molar-refractivity contribution is 0.108. The Morgan fingerprint density at radius 3 is 3.06 bits per heavy atom. The number of nitrogens with one attached hydrogen (secondary N) is 1. The fraction of sp³-hybridized carbons (Fsp3) is 0.500. The van der Waals surface area contributed by atoms with Crippen molar-refractivity contribution in [3.05, 3.63) is 24.0 Å². The molecular formula is C12H17FN2O. The molecular weight excluding hydrogens is 207 g/mol. The lowest BCUT2D eigenvalue weighted by Gasteiger charge is -2.16. The molecule has 1 fully saturated rings. The third-order valence-corrected chi connectivity index (χ3v) is 3.10. The van der Waals surface area contributed by atoms with Crippen LogP contribution in [0.1, 0.15) is 13.3 Å². The van der Waals surface area contributed by atoms with Gasteiger partial charge in [-0.25, -0.2) is 4.39 Å². The van der Waals surface area contributed by atoms with Crippen molar-refractivity contribution in [3.8, 4) is 0 Å². The number of nitrogens with two attached hydrogens (primary N) is 1. The van der Waals surface area contributed by atoms with E-state index in [1.54, 1.807) is 6.07 Å². The second-order valence-electron chi connectivity index (χ2n) is 4.24. The fourth-order valence-corrected chi connectivity index (χ4v) is 1.97. The maximum atomic E-state index is 13.0. The first-order valence-electron chi connectivity index (χ1n) is 5.57. The molecule has 3 nitrogen and oxygen atoms in total. The van der Waals surface area contributed by atoms with Crippen LogP contribution < -0.4 is 11.1 Å². The first-order chi connectivity index (χ1) is 7.66. The molecule has 1 aromatic rings. The summed E-state index contributed by atoms with van der Waals surface area (Å²) in [6, 6.07) is 4.36. The largest absolute Gasteiger partial charge is 0.397 e. The molecule has 2 unspecified atom stereocenters. The molecule has 3 N–H and O–H groups in total. The van der Waals surface area contributed by atoms with E-state index < -0.39 is 0 Å². The van der Waals surface area contributed by atoms with Crippen LogP contribution in [0.15, 0.2) is 18.2 Å². The molecule has 1 heterocycles. The highest BCUT2D eigenvalue weighted by molar-refractivity contribution is 5.65. The number of anilines is 2. The standard InChI is InChI=1S/C12H17FN2O/c1-8-9(4-5-16-8)7-15-12-6-10(13)2-3-11(12)14/h2-3,6,8-9,15H,4-5,7,14H2,1H3. The Kier molecular flexibility index (Phi) is 3.29. The van der Waals surface area contributed by atoms with E-state index >= 15 is 0 Å². The number of benzene rings is 1. The van der Waals surface area contributed by atoms with Crippen molar-refractivity contribution in [3.63, 3.8) is 0 Å². The van der Waals surface area contributed by atoms with Crippen molar-refractivity contribution in [2.75, 3.05) is 24.2 Å². The van der Waals surface area contributed by atoms with Crippen LogP contribution in [0.5, 0.6) is 0 Å². The molecule has 1 aromatic carbocycles. The number of hydrogen-bond donors (Lipinski definition) is 2. The molecule has 1 aliphatic rings. The smallest absolute Gasteiger partial charge is 0.125 e. The molecule has 0 radical (unpaired) electrons. The summed E-state index contributed by atoms with van der Waals surface area (Å²) in [5, 5.41) is 3.18. The summed E-state index contributed by atoms with van der Waals surface area (Å²) in [5.41, 5.74) is 6.99. The van der Waals surface area contributed by atoms with Gasteiger partial charge in [-0.1, -0.05) is 0 Å². The zero-order valence-electron chi connectivity index (χ0n) is 9.37. The van der Waals surface area contributed by atoms with E-state index in [0.717, 1.165) is 19.6 Å². The van der Waals surface area contributed by atoms with Gasteiger partial charge in [0.15, 0.2) is 0 Å². The van der Waals surface area contributed by atoms with Crippen molar-refractivity contribution in [2.45, 2.75) is 19.4 Å². The zero-order valence-corrected chi connectivity index (χ0v) is 9.37. The third kappa shape index (κ3) is 2.44. The maximum Gasteiger partial charge on any atom is 0.125 e. The minimum atomic E-state index is -0.271. The van der Waals surface area contributed by atoms with Gasteiger partial charge < -0.3 is 15.8 Å². The van der Waals surface area contributed by atoms with Crippen LogP contribution in [-0.4, -0.2) is 19.3 Å². The highest BCUT2D eigenvalue weighted by Gasteiger charge is 2.23. The van der Waals surface area contributed by atoms with Gasteiger partial charge in [0.2, 0.25) is 0 Å². The molecule has 0 amide bonds. The van der Waals surface area contributed by atoms with Crippen LogP contribution in [0.4, 0.5) is 15.8 Å². The SMILES string of the molecule is CC1OCCC1CNc1cc(F)ccc1N. The van der Waals surface area contributed by atoms with Crippen LogP contribution >= 0.6 is 0 Å². The van der Waals surface area contributed by atoms with E-state index in [4.69, 9.17) is 10.5 Å². The van der Waals surface area contributed by atoms with E-state index in [1.165, 1.54) is 12.1 Å². The third-order valence-electron chi connectivity index (χ3n) is 3.10. The van der Waals surface area contributed by atoms with Crippen molar-refractivity contribution < 1.29 is 9.13 Å². The Morgan fingerprint density at radius 2 is 2.38 bits per heavy atom. The summed E-state index contributed by atoms with van der Waals surface area (Å²) in [6.07, 6.45) is 1.31. The summed E-state index contributed by atoms with van der Waals surface area (Å²) >= 11 is 0. The van der Waals surface area contributed by atoms with Crippen molar-refractivity contribution >= 4 is 11.4 Å². The van der Waals surface area contributed by atoms with Crippen molar-refractivity contribution in [2.24, 2.45) is 5.92 Å². The van der Waals surface area contributed by atoms with Gasteiger partial charge in [-0.3, -0.25) is 0 Å². The van der Waals surface area contributed by atoms with E-state index in [9.17, 15) is 4.39 Å².